The number of allylic oxidation sites excluding steroid dienone is 2. The van der Waals surface area contributed by atoms with Crippen molar-refractivity contribution < 1.29 is 28.5 Å². The number of hydrogen-bond donors (Lipinski definition) is 0. The van der Waals surface area contributed by atoms with Crippen LogP contribution in [-0.2, 0) is 9.47 Å². The van der Waals surface area contributed by atoms with Crippen LogP contribution < -0.4 is 9.47 Å². The number of carbonyl (C=O) groups excluding carboxylic acids is 2. The largest absolute Gasteiger partial charge is 0.491 e. The molecule has 0 N–H and O–H groups in total. The molecular weight excluding hydrogens is 456 g/mol. The predicted octanol–water partition coefficient (Wildman–Crippen LogP) is 5.03. The van der Waals surface area contributed by atoms with Gasteiger partial charge in [0.15, 0.2) is 11.6 Å². The van der Waals surface area contributed by atoms with Gasteiger partial charge < -0.3 is 18.9 Å². The summed E-state index contributed by atoms with van der Waals surface area (Å²) in [5.41, 5.74) is 2.97. The number of benzene rings is 3. The van der Waals surface area contributed by atoms with Crippen LogP contribution in [0.4, 0.5) is 0 Å². The number of ketones is 2. The van der Waals surface area contributed by atoms with Gasteiger partial charge in [-0.05, 0) is 71.8 Å². The van der Waals surface area contributed by atoms with Crippen LogP contribution in [0.15, 0.2) is 84.9 Å². The van der Waals surface area contributed by atoms with Crippen molar-refractivity contribution in [2.45, 2.75) is 12.2 Å². The number of ether oxygens (including phenoxy) is 4. The first-order valence-corrected chi connectivity index (χ1v) is 11.9. The maximum absolute atomic E-state index is 12.5. The van der Waals surface area contributed by atoms with Crippen LogP contribution in [0.25, 0.3) is 12.2 Å². The minimum Gasteiger partial charge on any atom is -0.491 e. The summed E-state index contributed by atoms with van der Waals surface area (Å²) in [6.45, 7) is 2.56. The highest BCUT2D eigenvalue weighted by Gasteiger charge is 2.23. The highest BCUT2D eigenvalue weighted by Crippen LogP contribution is 2.18. The van der Waals surface area contributed by atoms with E-state index >= 15 is 0 Å². The van der Waals surface area contributed by atoms with Gasteiger partial charge in [-0.2, -0.15) is 0 Å². The van der Waals surface area contributed by atoms with Crippen molar-refractivity contribution in [1.29, 1.82) is 0 Å². The van der Waals surface area contributed by atoms with Crippen LogP contribution >= 0.6 is 0 Å². The lowest BCUT2D eigenvalue weighted by Crippen LogP contribution is -2.04. The summed E-state index contributed by atoms with van der Waals surface area (Å²) in [5.74, 6) is 1.27. The van der Waals surface area contributed by atoms with Crippen molar-refractivity contribution in [3.8, 4) is 11.5 Å². The summed E-state index contributed by atoms with van der Waals surface area (Å²) in [6.07, 6.45) is 7.04. The van der Waals surface area contributed by atoms with Gasteiger partial charge in [0, 0.05) is 11.1 Å². The van der Waals surface area contributed by atoms with Crippen molar-refractivity contribution in [2.75, 3.05) is 26.4 Å². The number of epoxide rings is 2. The van der Waals surface area contributed by atoms with Crippen molar-refractivity contribution >= 4 is 23.7 Å². The van der Waals surface area contributed by atoms with Gasteiger partial charge in [0.1, 0.15) is 36.9 Å². The molecule has 3 aromatic rings. The Hall–Kier alpha value is -4.00. The van der Waals surface area contributed by atoms with Gasteiger partial charge in [0.25, 0.3) is 0 Å². The Labute approximate surface area is 209 Å². The molecule has 0 radical (unpaired) electrons. The number of hydrogen-bond acceptors (Lipinski definition) is 6. The smallest absolute Gasteiger partial charge is 0.185 e. The molecule has 0 spiro atoms. The normalized spacial score (nSPS) is 18.3. The molecule has 2 saturated heterocycles. The SMILES string of the molecule is O=C(C=Cc1ccc(C=CC(=O)c2ccc(OCC3CO3)cc2)cc1)c1ccc(OCC2CO2)cc1. The van der Waals surface area contributed by atoms with E-state index < -0.39 is 0 Å². The van der Waals surface area contributed by atoms with E-state index in [2.05, 4.69) is 0 Å². The van der Waals surface area contributed by atoms with E-state index in [1.165, 1.54) is 0 Å². The topological polar surface area (TPSA) is 77.7 Å². The van der Waals surface area contributed by atoms with Crippen molar-refractivity contribution in [3.05, 3.63) is 107 Å². The summed E-state index contributed by atoms with van der Waals surface area (Å²) < 4.78 is 21.4. The molecule has 6 heteroatoms. The Morgan fingerprint density at radius 2 is 1.00 bits per heavy atom. The van der Waals surface area contributed by atoms with Gasteiger partial charge >= 0.3 is 0 Å². The average Bonchev–Trinajstić information content (AvgIpc) is 3.85. The lowest BCUT2D eigenvalue weighted by molar-refractivity contribution is 0.103. The lowest BCUT2D eigenvalue weighted by atomic mass is 10.1. The van der Waals surface area contributed by atoms with Crippen LogP contribution in [0.3, 0.4) is 0 Å². The molecule has 0 amide bonds. The standard InChI is InChI=1S/C30H26O6/c31-29(23-7-11-25(12-8-23)33-17-27-19-35-27)15-5-21-1-2-22(4-3-21)6-16-30(32)24-9-13-26(14-10-24)34-18-28-20-36-28/h1-16,27-28H,17-20H2. The van der Waals surface area contributed by atoms with E-state index in [-0.39, 0.29) is 23.8 Å². The average molecular weight is 483 g/mol. The summed E-state index contributed by atoms with van der Waals surface area (Å²) in [6, 6.07) is 21.8. The molecule has 2 unspecified atom stereocenters. The summed E-state index contributed by atoms with van der Waals surface area (Å²) in [4.78, 5) is 24.9. The number of carbonyl (C=O) groups is 2. The highest BCUT2D eigenvalue weighted by atomic mass is 16.6. The van der Waals surface area contributed by atoms with Crippen molar-refractivity contribution in [1.82, 2.24) is 0 Å². The molecule has 5 rings (SSSR count). The zero-order valence-electron chi connectivity index (χ0n) is 19.7. The Morgan fingerprint density at radius 3 is 1.33 bits per heavy atom. The maximum Gasteiger partial charge on any atom is 0.185 e. The fraction of sp³-hybridized carbons (Fsp3) is 0.200. The molecule has 182 valence electrons. The Morgan fingerprint density at radius 1 is 0.639 bits per heavy atom. The lowest BCUT2D eigenvalue weighted by Gasteiger charge is -2.04. The van der Waals surface area contributed by atoms with Crippen molar-refractivity contribution in [3.63, 3.8) is 0 Å². The number of rotatable bonds is 12. The molecule has 36 heavy (non-hydrogen) atoms. The molecule has 0 aliphatic carbocycles. The second-order valence-electron chi connectivity index (χ2n) is 8.64. The van der Waals surface area contributed by atoms with Gasteiger partial charge in [0.05, 0.1) is 13.2 Å². The fourth-order valence-electron chi connectivity index (χ4n) is 3.39. The van der Waals surface area contributed by atoms with Crippen LogP contribution in [0.2, 0.25) is 0 Å². The third-order valence-electron chi connectivity index (χ3n) is 5.74. The zero-order valence-corrected chi connectivity index (χ0v) is 19.7. The minimum absolute atomic E-state index is 0.0843. The van der Waals surface area contributed by atoms with E-state index in [1.54, 1.807) is 72.8 Å². The minimum atomic E-state index is -0.0843. The Balaban J connectivity index is 1.11. The first-order valence-electron chi connectivity index (χ1n) is 11.9. The van der Waals surface area contributed by atoms with Crippen LogP contribution in [-0.4, -0.2) is 50.2 Å². The van der Waals surface area contributed by atoms with Crippen LogP contribution in [0.5, 0.6) is 11.5 Å². The Bertz CT molecular complexity index is 1150. The van der Waals surface area contributed by atoms with Crippen LogP contribution in [0, 0.1) is 0 Å². The molecule has 0 bridgehead atoms. The second kappa shape index (κ2) is 11.2. The van der Waals surface area contributed by atoms with Gasteiger partial charge in [0.2, 0.25) is 0 Å². The quantitative estimate of drug-likeness (QED) is 0.205. The van der Waals surface area contributed by atoms with Gasteiger partial charge in [-0.1, -0.05) is 36.4 Å². The third kappa shape index (κ3) is 7.01. The van der Waals surface area contributed by atoms with E-state index in [0.717, 1.165) is 35.8 Å². The molecule has 3 aromatic carbocycles. The van der Waals surface area contributed by atoms with Gasteiger partial charge in [-0.15, -0.1) is 0 Å². The summed E-state index contributed by atoms with van der Waals surface area (Å²) in [7, 11) is 0. The third-order valence-corrected chi connectivity index (χ3v) is 5.74. The molecule has 6 nitrogen and oxygen atoms in total. The summed E-state index contributed by atoms with van der Waals surface area (Å²) in [5, 5.41) is 0. The molecule has 0 aromatic heterocycles. The first-order chi connectivity index (χ1) is 17.6. The molecule has 0 saturated carbocycles. The molecular formula is C30H26O6. The predicted molar refractivity (Wildman–Crippen MR) is 137 cm³/mol. The van der Waals surface area contributed by atoms with E-state index in [4.69, 9.17) is 18.9 Å². The zero-order chi connectivity index (χ0) is 24.7. The monoisotopic (exact) mass is 482 g/mol. The molecule has 2 fully saturated rings. The Kier molecular flexibility index (Phi) is 7.36. The second-order valence-corrected chi connectivity index (χ2v) is 8.64. The van der Waals surface area contributed by atoms with Crippen LogP contribution in [0.1, 0.15) is 31.8 Å². The molecule has 2 aliphatic heterocycles. The van der Waals surface area contributed by atoms with E-state index in [1.807, 2.05) is 24.3 Å². The summed E-state index contributed by atoms with van der Waals surface area (Å²) >= 11 is 0. The van der Waals surface area contributed by atoms with Gasteiger partial charge in [-0.3, -0.25) is 9.59 Å². The fourth-order valence-corrected chi connectivity index (χ4v) is 3.39. The first kappa shape index (κ1) is 23.7. The van der Waals surface area contributed by atoms with E-state index in [0.29, 0.717) is 24.3 Å². The van der Waals surface area contributed by atoms with Crippen molar-refractivity contribution in [2.24, 2.45) is 0 Å². The highest BCUT2D eigenvalue weighted by molar-refractivity contribution is 6.07. The molecule has 2 heterocycles. The maximum atomic E-state index is 12.5. The van der Waals surface area contributed by atoms with Gasteiger partial charge in [-0.25, -0.2) is 0 Å². The molecule has 2 aliphatic rings. The van der Waals surface area contributed by atoms with E-state index in [9.17, 15) is 9.59 Å². The molecule has 2 atom stereocenters.